The molecular weight excluding hydrogens is 386 g/mol. The summed E-state index contributed by atoms with van der Waals surface area (Å²) in [5, 5.41) is 4.69. The second-order valence-electron chi connectivity index (χ2n) is 6.59. The fourth-order valence-corrected chi connectivity index (χ4v) is 4.20. The number of fused-ring (bicyclic) bond motifs is 2. The zero-order chi connectivity index (χ0) is 20.5. The molecule has 7 heteroatoms. The normalized spacial score (nSPS) is 11.0. The number of aryl methyl sites for hydroxylation is 1. The van der Waals surface area contributed by atoms with Gasteiger partial charge in [-0.1, -0.05) is 13.0 Å². The van der Waals surface area contributed by atoms with E-state index in [4.69, 9.17) is 20.2 Å². The van der Waals surface area contributed by atoms with Crippen LogP contribution in [0.1, 0.15) is 22.2 Å². The number of carbonyl (C=O) groups is 1. The molecule has 4 rings (SSSR count). The number of amides is 1. The molecule has 6 nitrogen and oxygen atoms in total. The fourth-order valence-electron chi connectivity index (χ4n) is 3.22. The van der Waals surface area contributed by atoms with Crippen molar-refractivity contribution in [3.8, 4) is 11.5 Å². The van der Waals surface area contributed by atoms with Gasteiger partial charge in [-0.25, -0.2) is 4.98 Å². The second-order valence-corrected chi connectivity index (χ2v) is 7.59. The third-order valence-electron chi connectivity index (χ3n) is 4.85. The van der Waals surface area contributed by atoms with E-state index in [2.05, 4.69) is 24.4 Å². The highest BCUT2D eigenvalue weighted by Gasteiger charge is 2.19. The Kier molecular flexibility index (Phi) is 4.98. The number of nitrogens with one attached hydrogen (secondary N) is 1. The number of thiophene rings is 1. The molecule has 0 saturated heterocycles. The molecule has 0 aliphatic heterocycles. The molecule has 0 saturated carbocycles. The first-order valence-electron chi connectivity index (χ1n) is 9.19. The van der Waals surface area contributed by atoms with E-state index in [-0.39, 0.29) is 5.91 Å². The molecule has 0 aliphatic rings. The van der Waals surface area contributed by atoms with Crippen LogP contribution in [0.15, 0.2) is 42.5 Å². The summed E-state index contributed by atoms with van der Waals surface area (Å²) in [5.41, 5.74) is 9.43. The van der Waals surface area contributed by atoms with Crippen molar-refractivity contribution in [2.24, 2.45) is 0 Å². The van der Waals surface area contributed by atoms with E-state index in [1.165, 1.54) is 24.0 Å². The van der Waals surface area contributed by atoms with Crippen LogP contribution in [0.25, 0.3) is 21.1 Å². The number of pyridine rings is 1. The molecule has 0 bridgehead atoms. The molecule has 4 aromatic rings. The highest BCUT2D eigenvalue weighted by molar-refractivity contribution is 7.21. The molecule has 1 amide bonds. The van der Waals surface area contributed by atoms with Crippen LogP contribution in [0.5, 0.6) is 11.5 Å². The van der Waals surface area contributed by atoms with E-state index in [1.54, 1.807) is 25.3 Å². The Morgan fingerprint density at radius 1 is 1.14 bits per heavy atom. The van der Waals surface area contributed by atoms with Crippen LogP contribution in [-0.4, -0.2) is 25.1 Å². The molecule has 2 aromatic carbocycles. The maximum absolute atomic E-state index is 12.9. The summed E-state index contributed by atoms with van der Waals surface area (Å²) in [4.78, 5) is 18.8. The molecule has 0 fully saturated rings. The number of rotatable bonds is 5. The molecule has 0 aliphatic carbocycles. The van der Waals surface area contributed by atoms with Crippen molar-refractivity contribution in [1.82, 2.24) is 4.98 Å². The second kappa shape index (κ2) is 7.60. The van der Waals surface area contributed by atoms with Crippen LogP contribution in [0, 0.1) is 0 Å². The van der Waals surface area contributed by atoms with E-state index < -0.39 is 0 Å². The third kappa shape index (κ3) is 3.45. The van der Waals surface area contributed by atoms with Gasteiger partial charge >= 0.3 is 0 Å². The Bertz CT molecular complexity index is 1230. The Hall–Kier alpha value is -3.32. The monoisotopic (exact) mass is 407 g/mol. The highest BCUT2D eigenvalue weighted by Crippen LogP contribution is 2.36. The van der Waals surface area contributed by atoms with Crippen LogP contribution in [0.4, 0.5) is 11.4 Å². The Balaban J connectivity index is 1.72. The first-order valence-corrected chi connectivity index (χ1v) is 10.0. The van der Waals surface area contributed by atoms with Crippen molar-refractivity contribution < 1.29 is 14.3 Å². The van der Waals surface area contributed by atoms with Crippen LogP contribution in [-0.2, 0) is 6.42 Å². The average molecular weight is 407 g/mol. The first-order chi connectivity index (χ1) is 14.0. The summed E-state index contributed by atoms with van der Waals surface area (Å²) in [7, 11) is 3.11. The average Bonchev–Trinajstić information content (AvgIpc) is 3.07. The number of nitrogens with zero attached hydrogens (tertiary/aromatic N) is 1. The van der Waals surface area contributed by atoms with E-state index in [0.29, 0.717) is 27.8 Å². The summed E-state index contributed by atoms with van der Waals surface area (Å²) in [6, 6.07) is 13.4. The smallest absolute Gasteiger partial charge is 0.268 e. The lowest BCUT2D eigenvalue weighted by atomic mass is 10.1. The van der Waals surface area contributed by atoms with Crippen molar-refractivity contribution in [3.63, 3.8) is 0 Å². The molecule has 29 heavy (non-hydrogen) atoms. The maximum atomic E-state index is 12.9. The van der Waals surface area contributed by atoms with Gasteiger partial charge in [-0.2, -0.15) is 0 Å². The zero-order valence-electron chi connectivity index (χ0n) is 16.4. The largest absolute Gasteiger partial charge is 0.497 e. The topological polar surface area (TPSA) is 86.5 Å². The van der Waals surface area contributed by atoms with E-state index in [9.17, 15) is 4.79 Å². The van der Waals surface area contributed by atoms with Gasteiger partial charge in [0, 0.05) is 16.8 Å². The van der Waals surface area contributed by atoms with Gasteiger partial charge in [0.15, 0.2) is 0 Å². The summed E-state index contributed by atoms with van der Waals surface area (Å²) >= 11 is 1.28. The number of anilines is 2. The zero-order valence-corrected chi connectivity index (χ0v) is 17.2. The molecule has 0 spiro atoms. The predicted octanol–water partition coefficient (Wildman–Crippen LogP) is 4.86. The van der Waals surface area contributed by atoms with Gasteiger partial charge in [0.1, 0.15) is 21.2 Å². The minimum atomic E-state index is -0.299. The third-order valence-corrected chi connectivity index (χ3v) is 5.96. The summed E-state index contributed by atoms with van der Waals surface area (Å²) in [6.45, 7) is 2.11. The number of methoxy groups -OCH3 is 2. The van der Waals surface area contributed by atoms with Crippen LogP contribution in [0.2, 0.25) is 0 Å². The standard InChI is InChI=1S/C22H21N3O3S/c1-4-12-5-7-16-13(9-12)10-15-19(23)20(29-22(15)25-16)21(26)24-17-8-6-14(27-2)11-18(17)28-3/h5-11H,4,23H2,1-3H3,(H,24,26). The number of hydrogen-bond acceptors (Lipinski definition) is 6. The molecule has 148 valence electrons. The SMILES string of the molecule is CCc1ccc2nc3sc(C(=O)Nc4ccc(OC)cc4OC)c(N)c3cc2c1. The number of hydrogen-bond donors (Lipinski definition) is 2. The van der Waals surface area contributed by atoms with E-state index in [0.717, 1.165) is 27.5 Å². The summed E-state index contributed by atoms with van der Waals surface area (Å²) < 4.78 is 10.5. The van der Waals surface area contributed by atoms with Gasteiger partial charge in [0.25, 0.3) is 5.91 Å². The lowest BCUT2D eigenvalue weighted by Crippen LogP contribution is -2.12. The molecule has 0 atom stereocenters. The quantitative estimate of drug-likeness (QED) is 0.493. The van der Waals surface area contributed by atoms with Crippen LogP contribution < -0.4 is 20.5 Å². The molecule has 0 unspecified atom stereocenters. The Labute approximate surface area is 172 Å². The molecule has 3 N–H and O–H groups in total. The van der Waals surface area contributed by atoms with E-state index in [1.807, 2.05) is 12.1 Å². The van der Waals surface area contributed by atoms with E-state index >= 15 is 0 Å². The van der Waals surface area contributed by atoms with Crippen molar-refractivity contribution >= 4 is 49.7 Å². The Morgan fingerprint density at radius 2 is 1.97 bits per heavy atom. The number of benzene rings is 2. The molecule has 2 aromatic heterocycles. The highest BCUT2D eigenvalue weighted by atomic mass is 32.1. The van der Waals surface area contributed by atoms with Gasteiger partial charge in [-0.15, -0.1) is 11.3 Å². The lowest BCUT2D eigenvalue weighted by molar-refractivity contribution is 0.103. The van der Waals surface area contributed by atoms with Crippen LogP contribution in [0.3, 0.4) is 0 Å². The minimum absolute atomic E-state index is 0.299. The molecule has 2 heterocycles. The number of carbonyl (C=O) groups excluding carboxylic acids is 1. The minimum Gasteiger partial charge on any atom is -0.497 e. The van der Waals surface area contributed by atoms with Gasteiger partial charge in [-0.05, 0) is 42.3 Å². The number of nitrogens with two attached hydrogens (primary N) is 1. The van der Waals surface area contributed by atoms with Crippen molar-refractivity contribution in [2.45, 2.75) is 13.3 Å². The number of ether oxygens (including phenoxy) is 2. The van der Waals surface area contributed by atoms with Gasteiger partial charge in [0.05, 0.1) is 31.1 Å². The molecular formula is C22H21N3O3S. The van der Waals surface area contributed by atoms with Crippen molar-refractivity contribution in [2.75, 3.05) is 25.3 Å². The van der Waals surface area contributed by atoms with Crippen molar-refractivity contribution in [1.29, 1.82) is 0 Å². The predicted molar refractivity (Wildman–Crippen MR) is 118 cm³/mol. The first kappa shape index (κ1) is 19.0. The van der Waals surface area contributed by atoms with Crippen LogP contribution >= 0.6 is 11.3 Å². The van der Waals surface area contributed by atoms with Gasteiger partial charge < -0.3 is 20.5 Å². The van der Waals surface area contributed by atoms with Gasteiger partial charge in [-0.3, -0.25) is 4.79 Å². The molecule has 0 radical (unpaired) electrons. The lowest BCUT2D eigenvalue weighted by Gasteiger charge is -2.11. The Morgan fingerprint density at radius 3 is 2.69 bits per heavy atom. The number of nitrogen functional groups attached to an aromatic ring is 1. The fraction of sp³-hybridized carbons (Fsp3) is 0.182. The van der Waals surface area contributed by atoms with Gasteiger partial charge in [0.2, 0.25) is 0 Å². The summed E-state index contributed by atoms with van der Waals surface area (Å²) in [5.74, 6) is 0.851. The maximum Gasteiger partial charge on any atom is 0.268 e. The van der Waals surface area contributed by atoms with Crippen molar-refractivity contribution in [3.05, 3.63) is 52.9 Å². The summed E-state index contributed by atoms with van der Waals surface area (Å²) in [6.07, 6.45) is 0.949. The number of aromatic nitrogens is 1.